The monoisotopic (exact) mass is 374 g/mol. The minimum Gasteiger partial charge on any atom is -0.383 e. The van der Waals surface area contributed by atoms with E-state index in [9.17, 15) is 0 Å². The first kappa shape index (κ1) is 21.7. The minimum atomic E-state index is 0.421. The zero-order valence-electron chi connectivity index (χ0n) is 17.6. The predicted octanol–water partition coefficient (Wildman–Crippen LogP) is 3.01. The van der Waals surface area contributed by atoms with Gasteiger partial charge >= 0.3 is 0 Å². The Morgan fingerprint density at radius 2 is 2.07 bits per heavy atom. The van der Waals surface area contributed by atoms with Gasteiger partial charge in [0.1, 0.15) is 0 Å². The third-order valence-corrected chi connectivity index (χ3v) is 5.36. The van der Waals surface area contributed by atoms with Crippen LogP contribution in [0.5, 0.6) is 0 Å². The largest absolute Gasteiger partial charge is 0.383 e. The first-order valence-corrected chi connectivity index (χ1v) is 10.4. The van der Waals surface area contributed by atoms with Crippen molar-refractivity contribution in [3.05, 3.63) is 35.4 Å². The number of benzene rings is 1. The highest BCUT2D eigenvalue weighted by molar-refractivity contribution is 5.79. The van der Waals surface area contributed by atoms with E-state index in [4.69, 9.17) is 9.73 Å². The van der Waals surface area contributed by atoms with Crippen molar-refractivity contribution in [1.29, 1.82) is 0 Å². The van der Waals surface area contributed by atoms with Crippen LogP contribution >= 0.6 is 0 Å². The van der Waals surface area contributed by atoms with Crippen LogP contribution < -0.4 is 10.6 Å². The van der Waals surface area contributed by atoms with Gasteiger partial charge in [0.25, 0.3) is 0 Å². The normalized spacial score (nSPS) is 17.7. The SMILES string of the molecule is CCNC(=NCC(C)c1cccc(C)c1)NCC1CCN(CCOC)CC1. The number of rotatable bonds is 9. The number of ether oxygens (including phenoxy) is 1. The molecule has 1 aliphatic rings. The molecule has 152 valence electrons. The molecule has 1 heterocycles. The Hall–Kier alpha value is -1.59. The summed E-state index contributed by atoms with van der Waals surface area (Å²) in [7, 11) is 1.78. The Balaban J connectivity index is 1.78. The fraction of sp³-hybridized carbons (Fsp3) is 0.682. The third kappa shape index (κ3) is 7.89. The third-order valence-electron chi connectivity index (χ3n) is 5.36. The van der Waals surface area contributed by atoms with Gasteiger partial charge in [0.15, 0.2) is 5.96 Å². The van der Waals surface area contributed by atoms with E-state index < -0.39 is 0 Å². The van der Waals surface area contributed by atoms with Gasteiger partial charge in [0.05, 0.1) is 6.61 Å². The number of likely N-dealkylation sites (tertiary alicyclic amines) is 1. The van der Waals surface area contributed by atoms with Gasteiger partial charge in [-0.25, -0.2) is 0 Å². The highest BCUT2D eigenvalue weighted by Crippen LogP contribution is 2.17. The molecule has 0 saturated carbocycles. The standard InChI is InChI=1S/C22H38N4O/c1-5-23-22(24-16-19(3)21-8-6-7-18(2)15-21)25-17-20-9-11-26(12-10-20)13-14-27-4/h6-8,15,19-20H,5,9-14,16-17H2,1-4H3,(H2,23,24,25). The number of aryl methyl sites for hydroxylation is 1. The van der Waals surface area contributed by atoms with Crippen molar-refractivity contribution in [2.24, 2.45) is 10.9 Å². The van der Waals surface area contributed by atoms with Crippen LogP contribution in [0.2, 0.25) is 0 Å². The lowest BCUT2D eigenvalue weighted by atomic mass is 9.97. The molecule has 2 N–H and O–H groups in total. The molecule has 0 radical (unpaired) electrons. The fourth-order valence-electron chi connectivity index (χ4n) is 3.53. The van der Waals surface area contributed by atoms with Gasteiger partial charge in [-0.15, -0.1) is 0 Å². The summed E-state index contributed by atoms with van der Waals surface area (Å²) in [6.45, 7) is 13.4. The fourth-order valence-corrected chi connectivity index (χ4v) is 3.53. The first-order chi connectivity index (χ1) is 13.1. The molecule has 0 spiro atoms. The minimum absolute atomic E-state index is 0.421. The smallest absolute Gasteiger partial charge is 0.191 e. The average molecular weight is 375 g/mol. The maximum absolute atomic E-state index is 5.18. The lowest BCUT2D eigenvalue weighted by Crippen LogP contribution is -2.43. The van der Waals surface area contributed by atoms with Crippen molar-refractivity contribution >= 4 is 5.96 Å². The second-order valence-corrected chi connectivity index (χ2v) is 7.69. The van der Waals surface area contributed by atoms with Crippen LogP contribution in [0.4, 0.5) is 0 Å². The molecule has 1 atom stereocenters. The molecule has 1 fully saturated rings. The quantitative estimate of drug-likeness (QED) is 0.515. The van der Waals surface area contributed by atoms with Crippen LogP contribution in [0.15, 0.2) is 29.3 Å². The Kier molecular flexibility index (Phi) is 9.64. The van der Waals surface area contributed by atoms with Crippen molar-refractivity contribution in [3.8, 4) is 0 Å². The molecule has 0 amide bonds. The summed E-state index contributed by atoms with van der Waals surface area (Å²) >= 11 is 0. The van der Waals surface area contributed by atoms with E-state index in [1.165, 1.54) is 37.1 Å². The van der Waals surface area contributed by atoms with E-state index >= 15 is 0 Å². The predicted molar refractivity (Wildman–Crippen MR) is 115 cm³/mol. The van der Waals surface area contributed by atoms with Crippen LogP contribution in [0.3, 0.4) is 0 Å². The molecule has 5 heteroatoms. The van der Waals surface area contributed by atoms with E-state index in [-0.39, 0.29) is 0 Å². The number of hydrogen-bond donors (Lipinski definition) is 2. The van der Waals surface area contributed by atoms with Gasteiger partial charge in [-0.1, -0.05) is 36.8 Å². The van der Waals surface area contributed by atoms with Gasteiger partial charge in [0.2, 0.25) is 0 Å². The van der Waals surface area contributed by atoms with Crippen LogP contribution in [0.1, 0.15) is 43.7 Å². The van der Waals surface area contributed by atoms with Crippen molar-refractivity contribution in [2.45, 2.75) is 39.5 Å². The van der Waals surface area contributed by atoms with Crippen molar-refractivity contribution in [1.82, 2.24) is 15.5 Å². The molecule has 1 saturated heterocycles. The summed E-state index contributed by atoms with van der Waals surface area (Å²) in [5.41, 5.74) is 2.67. The average Bonchev–Trinajstić information content (AvgIpc) is 2.69. The molecule has 0 aliphatic carbocycles. The van der Waals surface area contributed by atoms with E-state index in [0.717, 1.165) is 44.7 Å². The molecule has 1 aliphatic heterocycles. The molecular weight excluding hydrogens is 336 g/mol. The molecule has 0 aromatic heterocycles. The summed E-state index contributed by atoms with van der Waals surface area (Å²) in [6, 6.07) is 8.74. The molecule has 1 aromatic rings. The highest BCUT2D eigenvalue weighted by Gasteiger charge is 2.19. The molecule has 1 aromatic carbocycles. The number of nitrogens with zero attached hydrogens (tertiary/aromatic N) is 2. The second-order valence-electron chi connectivity index (χ2n) is 7.69. The number of piperidine rings is 1. The maximum Gasteiger partial charge on any atom is 0.191 e. The van der Waals surface area contributed by atoms with E-state index in [1.54, 1.807) is 7.11 Å². The second kappa shape index (κ2) is 12.0. The number of aliphatic imine (C=N–C) groups is 1. The van der Waals surface area contributed by atoms with Crippen LogP contribution in [-0.2, 0) is 4.74 Å². The maximum atomic E-state index is 5.18. The summed E-state index contributed by atoms with van der Waals surface area (Å²) in [4.78, 5) is 7.33. The summed E-state index contributed by atoms with van der Waals surface area (Å²) in [6.07, 6.45) is 2.49. The van der Waals surface area contributed by atoms with E-state index in [2.05, 4.69) is 60.6 Å². The lowest BCUT2D eigenvalue weighted by Gasteiger charge is -2.32. The van der Waals surface area contributed by atoms with Gasteiger partial charge in [-0.3, -0.25) is 4.99 Å². The summed E-state index contributed by atoms with van der Waals surface area (Å²) in [5, 5.41) is 6.95. The molecule has 2 rings (SSSR count). The van der Waals surface area contributed by atoms with Crippen LogP contribution in [-0.4, -0.2) is 63.8 Å². The zero-order chi connectivity index (χ0) is 19.5. The zero-order valence-corrected chi connectivity index (χ0v) is 17.6. The van der Waals surface area contributed by atoms with Crippen molar-refractivity contribution < 1.29 is 4.74 Å². The van der Waals surface area contributed by atoms with Crippen molar-refractivity contribution in [2.75, 3.05) is 53.0 Å². The Morgan fingerprint density at radius 3 is 2.74 bits per heavy atom. The number of methoxy groups -OCH3 is 1. The number of nitrogens with one attached hydrogen (secondary N) is 2. The molecular formula is C22H38N4O. The topological polar surface area (TPSA) is 48.9 Å². The van der Waals surface area contributed by atoms with Gasteiger partial charge < -0.3 is 20.3 Å². The van der Waals surface area contributed by atoms with Gasteiger partial charge in [-0.05, 0) is 51.3 Å². The first-order valence-electron chi connectivity index (χ1n) is 10.4. The van der Waals surface area contributed by atoms with E-state index in [0.29, 0.717) is 5.92 Å². The lowest BCUT2D eigenvalue weighted by molar-refractivity contribution is 0.121. The Labute approximate surface area is 165 Å². The Bertz CT molecular complexity index is 567. The Morgan fingerprint density at radius 1 is 1.30 bits per heavy atom. The molecule has 0 bridgehead atoms. The molecule has 5 nitrogen and oxygen atoms in total. The van der Waals surface area contributed by atoms with Gasteiger partial charge in [-0.2, -0.15) is 0 Å². The van der Waals surface area contributed by atoms with Gasteiger partial charge in [0, 0.05) is 39.2 Å². The van der Waals surface area contributed by atoms with Crippen molar-refractivity contribution in [3.63, 3.8) is 0 Å². The highest BCUT2D eigenvalue weighted by atomic mass is 16.5. The van der Waals surface area contributed by atoms with Crippen LogP contribution in [0, 0.1) is 12.8 Å². The van der Waals surface area contributed by atoms with Crippen LogP contribution in [0.25, 0.3) is 0 Å². The summed E-state index contributed by atoms with van der Waals surface area (Å²) < 4.78 is 5.18. The number of hydrogen-bond acceptors (Lipinski definition) is 3. The summed E-state index contributed by atoms with van der Waals surface area (Å²) in [5.74, 6) is 2.09. The molecule has 27 heavy (non-hydrogen) atoms. The van der Waals surface area contributed by atoms with E-state index in [1.807, 2.05) is 0 Å². The molecule has 1 unspecified atom stereocenters. The number of guanidine groups is 1.